The molecule has 1 aromatic heterocycles. The Morgan fingerprint density at radius 3 is 2.76 bits per heavy atom. The molecule has 1 fully saturated rings. The number of carbonyl (C=O) groups excluding carboxylic acids is 1. The summed E-state index contributed by atoms with van der Waals surface area (Å²) in [6.45, 7) is 0.557. The van der Waals surface area contributed by atoms with Crippen molar-refractivity contribution in [2.24, 2.45) is 0 Å². The minimum absolute atomic E-state index is 0.0151. The fraction of sp³-hybridized carbons (Fsp3) is 0.280. The average Bonchev–Trinajstić information content (AvgIpc) is 2.98. The molecule has 3 aromatic rings. The maximum atomic E-state index is 14.2. The SMILES string of the molecule is O=C1c2c(O)c(=O)ccn2N([C@H]2c3ccc(F)cc3CSc3ccccc32)[C@@H]2CCCCN12. The van der Waals surface area contributed by atoms with Crippen molar-refractivity contribution in [3.05, 3.63) is 93.2 Å². The van der Waals surface area contributed by atoms with Crippen molar-refractivity contribution in [1.29, 1.82) is 0 Å². The molecule has 3 aliphatic heterocycles. The lowest BCUT2D eigenvalue weighted by molar-refractivity contribution is 0.0462. The van der Waals surface area contributed by atoms with E-state index in [1.54, 1.807) is 33.6 Å². The molecule has 0 aliphatic carbocycles. The predicted molar refractivity (Wildman–Crippen MR) is 124 cm³/mol. The number of fused-ring (bicyclic) bond motifs is 4. The number of hydrogen-bond donors (Lipinski definition) is 1. The van der Waals surface area contributed by atoms with Gasteiger partial charge in [0, 0.05) is 29.5 Å². The van der Waals surface area contributed by atoms with E-state index in [4.69, 9.17) is 0 Å². The van der Waals surface area contributed by atoms with Gasteiger partial charge in [-0.05, 0) is 54.2 Å². The van der Waals surface area contributed by atoms with E-state index in [0.717, 1.165) is 40.8 Å². The van der Waals surface area contributed by atoms with Crippen LogP contribution in [-0.4, -0.2) is 33.3 Å². The highest BCUT2D eigenvalue weighted by Gasteiger charge is 2.45. The van der Waals surface area contributed by atoms with Crippen LogP contribution >= 0.6 is 11.8 Å². The van der Waals surface area contributed by atoms with Crippen LogP contribution in [0.1, 0.15) is 52.5 Å². The van der Waals surface area contributed by atoms with Crippen LogP contribution in [0.25, 0.3) is 0 Å². The number of thioether (sulfide) groups is 1. The van der Waals surface area contributed by atoms with Crippen molar-refractivity contribution in [2.75, 3.05) is 11.6 Å². The van der Waals surface area contributed by atoms with E-state index in [1.165, 1.54) is 12.1 Å². The van der Waals surface area contributed by atoms with Crippen LogP contribution in [0.4, 0.5) is 4.39 Å². The number of benzene rings is 2. The van der Waals surface area contributed by atoms with E-state index < -0.39 is 11.2 Å². The second-order valence-corrected chi connectivity index (χ2v) is 9.67. The van der Waals surface area contributed by atoms with Crippen LogP contribution in [0.5, 0.6) is 5.75 Å². The number of aromatic hydroxyl groups is 1. The Balaban J connectivity index is 1.66. The fourth-order valence-corrected chi connectivity index (χ4v) is 6.40. The average molecular weight is 464 g/mol. The van der Waals surface area contributed by atoms with E-state index in [0.29, 0.717) is 12.3 Å². The van der Waals surface area contributed by atoms with Crippen molar-refractivity contribution in [1.82, 2.24) is 9.58 Å². The molecule has 0 unspecified atom stereocenters. The Morgan fingerprint density at radius 1 is 1.03 bits per heavy atom. The molecule has 0 saturated carbocycles. The summed E-state index contributed by atoms with van der Waals surface area (Å²) in [4.78, 5) is 28.5. The summed E-state index contributed by atoms with van der Waals surface area (Å²) in [5, 5.41) is 12.7. The molecule has 33 heavy (non-hydrogen) atoms. The molecular formula is C25H22FN3O3S. The third-order valence-corrected chi connectivity index (χ3v) is 7.94. The van der Waals surface area contributed by atoms with Crippen LogP contribution in [0.2, 0.25) is 0 Å². The minimum Gasteiger partial charge on any atom is -0.502 e. The summed E-state index contributed by atoms with van der Waals surface area (Å²) in [5.74, 6) is -0.521. The molecule has 4 heterocycles. The van der Waals surface area contributed by atoms with Crippen LogP contribution in [0.3, 0.4) is 0 Å². The van der Waals surface area contributed by atoms with Crippen molar-refractivity contribution < 1.29 is 14.3 Å². The van der Waals surface area contributed by atoms with Gasteiger partial charge < -0.3 is 10.0 Å². The summed E-state index contributed by atoms with van der Waals surface area (Å²) in [5.41, 5.74) is 2.31. The van der Waals surface area contributed by atoms with Gasteiger partial charge in [0.25, 0.3) is 5.91 Å². The summed E-state index contributed by atoms with van der Waals surface area (Å²) >= 11 is 1.66. The third kappa shape index (κ3) is 3.08. The number of halogens is 1. The first-order chi connectivity index (χ1) is 16.0. The predicted octanol–water partition coefficient (Wildman–Crippen LogP) is 3.99. The molecule has 168 valence electrons. The maximum Gasteiger partial charge on any atom is 0.278 e. The lowest BCUT2D eigenvalue weighted by Gasteiger charge is -2.51. The number of nitrogens with zero attached hydrogens (tertiary/aromatic N) is 3. The lowest BCUT2D eigenvalue weighted by atomic mass is 9.92. The van der Waals surface area contributed by atoms with E-state index in [9.17, 15) is 19.1 Å². The number of amides is 1. The summed E-state index contributed by atoms with van der Waals surface area (Å²) in [7, 11) is 0. The lowest BCUT2D eigenvalue weighted by Crippen LogP contribution is -2.63. The monoisotopic (exact) mass is 463 g/mol. The zero-order valence-electron chi connectivity index (χ0n) is 17.8. The quantitative estimate of drug-likeness (QED) is 0.591. The first kappa shape index (κ1) is 20.4. The molecule has 6 rings (SSSR count). The highest BCUT2D eigenvalue weighted by Crippen LogP contribution is 2.45. The largest absolute Gasteiger partial charge is 0.502 e. The number of piperidine rings is 1. The zero-order valence-corrected chi connectivity index (χ0v) is 18.6. The number of rotatable bonds is 1. The van der Waals surface area contributed by atoms with Crippen molar-refractivity contribution in [3.8, 4) is 5.75 Å². The first-order valence-electron chi connectivity index (χ1n) is 11.1. The molecule has 1 saturated heterocycles. The van der Waals surface area contributed by atoms with Crippen LogP contribution in [-0.2, 0) is 5.75 Å². The molecule has 8 heteroatoms. The van der Waals surface area contributed by atoms with Crippen molar-refractivity contribution in [3.63, 3.8) is 0 Å². The van der Waals surface area contributed by atoms with Gasteiger partial charge in [0.2, 0.25) is 5.43 Å². The molecule has 0 radical (unpaired) electrons. The number of pyridine rings is 1. The maximum absolute atomic E-state index is 14.2. The van der Waals surface area contributed by atoms with Gasteiger partial charge in [0.1, 0.15) is 12.0 Å². The molecule has 3 aliphatic rings. The minimum atomic E-state index is -0.579. The van der Waals surface area contributed by atoms with Gasteiger partial charge in [-0.15, -0.1) is 11.8 Å². The summed E-state index contributed by atoms with van der Waals surface area (Å²) in [6.07, 6.45) is 3.92. The number of carbonyl (C=O) groups is 1. The smallest absolute Gasteiger partial charge is 0.278 e. The van der Waals surface area contributed by atoms with Gasteiger partial charge in [-0.1, -0.05) is 24.3 Å². The molecule has 6 nitrogen and oxygen atoms in total. The highest BCUT2D eigenvalue weighted by molar-refractivity contribution is 7.98. The standard InChI is InChI=1S/C25H22FN3O3S/c26-16-8-9-17-15(13-16)14-33-20-6-2-1-5-18(20)22(17)29-21-7-3-4-11-27(21)25(32)23-24(31)19(30)10-12-28(23)29/h1-2,5-6,8-10,12-13,21-22,31H,3-4,7,11,14H2/t21-,22+/m1/s1. The Morgan fingerprint density at radius 2 is 1.88 bits per heavy atom. The molecule has 0 bridgehead atoms. The highest BCUT2D eigenvalue weighted by atomic mass is 32.2. The Labute approximate surface area is 194 Å². The Bertz CT molecular complexity index is 1340. The Kier molecular flexibility index (Phi) is 4.72. The molecule has 1 amide bonds. The van der Waals surface area contributed by atoms with E-state index in [2.05, 4.69) is 17.1 Å². The second kappa shape index (κ2) is 7.66. The third-order valence-electron chi connectivity index (χ3n) is 6.80. The van der Waals surface area contributed by atoms with Gasteiger partial charge in [-0.2, -0.15) is 0 Å². The first-order valence-corrected chi connectivity index (χ1v) is 12.1. The van der Waals surface area contributed by atoms with Gasteiger partial charge in [-0.3, -0.25) is 19.3 Å². The molecule has 0 spiro atoms. The van der Waals surface area contributed by atoms with Crippen molar-refractivity contribution in [2.45, 2.75) is 42.1 Å². The second-order valence-electron chi connectivity index (χ2n) is 8.65. The number of hydrogen-bond acceptors (Lipinski definition) is 5. The molecular weight excluding hydrogens is 441 g/mol. The Hall–Kier alpha value is -3.26. The van der Waals surface area contributed by atoms with Gasteiger partial charge >= 0.3 is 0 Å². The van der Waals surface area contributed by atoms with Crippen LogP contribution in [0.15, 0.2) is 64.4 Å². The van der Waals surface area contributed by atoms with Gasteiger partial charge in [0.05, 0.1) is 6.04 Å². The molecule has 1 N–H and O–H groups in total. The van der Waals surface area contributed by atoms with Crippen LogP contribution < -0.4 is 10.4 Å². The van der Waals surface area contributed by atoms with Crippen LogP contribution in [0, 0.1) is 5.82 Å². The van der Waals surface area contributed by atoms with Gasteiger partial charge in [0.15, 0.2) is 11.4 Å². The van der Waals surface area contributed by atoms with E-state index >= 15 is 0 Å². The fourth-order valence-electron chi connectivity index (χ4n) is 5.32. The zero-order chi connectivity index (χ0) is 22.7. The molecule has 2 atom stereocenters. The van der Waals surface area contributed by atoms with E-state index in [1.807, 2.05) is 18.2 Å². The topological polar surface area (TPSA) is 65.8 Å². The summed E-state index contributed by atoms with van der Waals surface area (Å²) in [6, 6.07) is 13.9. The normalized spacial score (nSPS) is 21.5. The van der Waals surface area contributed by atoms with E-state index in [-0.39, 0.29) is 29.6 Å². The summed E-state index contributed by atoms with van der Waals surface area (Å²) < 4.78 is 15.9. The van der Waals surface area contributed by atoms with Gasteiger partial charge in [-0.25, -0.2) is 4.39 Å². The molecule has 2 aromatic carbocycles. The van der Waals surface area contributed by atoms with Crippen molar-refractivity contribution >= 4 is 17.7 Å². The number of aromatic nitrogens is 1.